The second-order valence-electron chi connectivity index (χ2n) is 5.08. The van der Waals surface area contributed by atoms with Crippen molar-refractivity contribution in [3.8, 4) is 6.07 Å². The summed E-state index contributed by atoms with van der Waals surface area (Å²) >= 11 is 0. The van der Waals surface area contributed by atoms with Crippen molar-refractivity contribution in [2.24, 2.45) is 7.05 Å². The van der Waals surface area contributed by atoms with E-state index in [-0.39, 0.29) is 0 Å². The molecule has 1 aromatic carbocycles. The van der Waals surface area contributed by atoms with E-state index >= 15 is 0 Å². The third-order valence-corrected chi connectivity index (χ3v) is 3.81. The van der Waals surface area contributed by atoms with Gasteiger partial charge in [0.05, 0.1) is 18.5 Å². The van der Waals surface area contributed by atoms with Gasteiger partial charge in [-0.25, -0.2) is 0 Å². The van der Waals surface area contributed by atoms with Crippen LogP contribution in [0.3, 0.4) is 0 Å². The fraction of sp³-hybridized carbons (Fsp3) is 0.429. The Morgan fingerprint density at radius 1 is 1.42 bits per heavy atom. The molecule has 0 spiro atoms. The summed E-state index contributed by atoms with van der Waals surface area (Å²) in [7, 11) is 1.74. The van der Waals surface area contributed by atoms with Crippen LogP contribution in [-0.2, 0) is 25.3 Å². The van der Waals surface area contributed by atoms with Crippen molar-refractivity contribution in [3.05, 3.63) is 41.2 Å². The molecule has 96 valence electrons. The zero-order valence-corrected chi connectivity index (χ0v) is 10.9. The highest BCUT2D eigenvalue weighted by molar-refractivity contribution is 5.42. The van der Waals surface area contributed by atoms with Gasteiger partial charge < -0.3 is 0 Å². The molecule has 0 N–H and O–H groups in total. The van der Waals surface area contributed by atoms with Gasteiger partial charge in [-0.3, -0.25) is 0 Å². The van der Waals surface area contributed by atoms with Gasteiger partial charge in [-0.1, -0.05) is 24.3 Å². The smallest absolute Gasteiger partial charge is 0.176 e. The highest BCUT2D eigenvalue weighted by Gasteiger charge is 2.38. The predicted octanol–water partition coefficient (Wildman–Crippen LogP) is 1.55. The summed E-state index contributed by atoms with van der Waals surface area (Å²) in [5, 5.41) is 21.8. The number of hydrogen-bond donors (Lipinski definition) is 0. The molecule has 0 amide bonds. The summed E-state index contributed by atoms with van der Waals surface area (Å²) in [6.45, 7) is 0. The first-order valence-corrected chi connectivity index (χ1v) is 6.46. The van der Waals surface area contributed by atoms with E-state index in [4.69, 9.17) is 0 Å². The van der Waals surface area contributed by atoms with Crippen molar-refractivity contribution in [2.75, 3.05) is 0 Å². The van der Waals surface area contributed by atoms with E-state index in [1.807, 2.05) is 12.1 Å². The molecule has 3 rings (SSSR count). The lowest BCUT2D eigenvalue weighted by Gasteiger charge is -2.32. The van der Waals surface area contributed by atoms with Crippen LogP contribution in [0.4, 0.5) is 0 Å². The van der Waals surface area contributed by atoms with Crippen molar-refractivity contribution in [3.63, 3.8) is 0 Å². The molecular weight excluding hydrogens is 238 g/mol. The minimum Gasteiger partial charge on any atom is -0.197 e. The fourth-order valence-electron chi connectivity index (χ4n) is 2.92. The van der Waals surface area contributed by atoms with Gasteiger partial charge in [0, 0.05) is 6.42 Å². The number of fused-ring (bicyclic) bond motifs is 1. The molecule has 1 aliphatic carbocycles. The van der Waals surface area contributed by atoms with Crippen molar-refractivity contribution in [1.29, 1.82) is 5.26 Å². The summed E-state index contributed by atoms with van der Waals surface area (Å²) in [6.07, 6.45) is 3.48. The minimum absolute atomic E-state index is 0.502. The highest BCUT2D eigenvalue weighted by atomic mass is 15.6. The molecule has 19 heavy (non-hydrogen) atoms. The van der Waals surface area contributed by atoms with Gasteiger partial charge in [-0.2, -0.15) is 10.1 Å². The quantitative estimate of drug-likeness (QED) is 0.814. The van der Waals surface area contributed by atoms with E-state index in [2.05, 4.69) is 33.6 Å². The Morgan fingerprint density at radius 3 is 3.00 bits per heavy atom. The Morgan fingerprint density at radius 2 is 2.26 bits per heavy atom. The van der Waals surface area contributed by atoms with E-state index in [0.717, 1.165) is 24.8 Å². The largest absolute Gasteiger partial charge is 0.197 e. The second-order valence-corrected chi connectivity index (χ2v) is 5.08. The predicted molar refractivity (Wildman–Crippen MR) is 69.2 cm³/mol. The van der Waals surface area contributed by atoms with Crippen LogP contribution >= 0.6 is 0 Å². The number of aromatic nitrogens is 4. The van der Waals surface area contributed by atoms with Crippen LogP contribution in [0.15, 0.2) is 24.3 Å². The van der Waals surface area contributed by atoms with E-state index in [0.29, 0.717) is 12.2 Å². The molecule has 1 aliphatic rings. The maximum atomic E-state index is 9.72. The molecule has 0 fully saturated rings. The van der Waals surface area contributed by atoms with Crippen molar-refractivity contribution >= 4 is 0 Å². The molecule has 1 heterocycles. The molecule has 1 atom stereocenters. The van der Waals surface area contributed by atoms with Gasteiger partial charge in [0.25, 0.3) is 0 Å². The average molecular weight is 253 g/mol. The maximum absolute atomic E-state index is 9.72. The zero-order chi connectivity index (χ0) is 13.3. The van der Waals surface area contributed by atoms with Gasteiger partial charge in [-0.15, -0.1) is 10.2 Å². The maximum Gasteiger partial charge on any atom is 0.176 e. The lowest BCUT2D eigenvalue weighted by atomic mass is 9.69. The van der Waals surface area contributed by atoms with E-state index < -0.39 is 5.41 Å². The molecule has 2 aromatic rings. The van der Waals surface area contributed by atoms with Crippen LogP contribution in [0.25, 0.3) is 0 Å². The van der Waals surface area contributed by atoms with E-state index in [9.17, 15) is 5.26 Å². The number of nitriles is 1. The topological polar surface area (TPSA) is 67.4 Å². The number of hydrogen-bond acceptors (Lipinski definition) is 4. The fourth-order valence-corrected chi connectivity index (χ4v) is 2.92. The van der Waals surface area contributed by atoms with Gasteiger partial charge in [0.1, 0.15) is 0 Å². The Kier molecular flexibility index (Phi) is 2.79. The molecule has 0 radical (unpaired) electrons. The normalized spacial score (nSPS) is 21.7. The zero-order valence-electron chi connectivity index (χ0n) is 10.9. The second kappa shape index (κ2) is 4.47. The number of nitrogens with zero attached hydrogens (tertiary/aromatic N) is 5. The third kappa shape index (κ3) is 1.99. The highest BCUT2D eigenvalue weighted by Crippen LogP contribution is 2.38. The van der Waals surface area contributed by atoms with Crippen LogP contribution in [0.5, 0.6) is 0 Å². The number of aryl methyl sites for hydroxylation is 2. The molecule has 0 saturated carbocycles. The van der Waals surface area contributed by atoms with Gasteiger partial charge in [-0.05, 0) is 35.6 Å². The molecule has 5 nitrogen and oxygen atoms in total. The summed E-state index contributed by atoms with van der Waals surface area (Å²) in [6, 6.07) is 10.7. The van der Waals surface area contributed by atoms with Crippen LogP contribution in [0.2, 0.25) is 0 Å². The average Bonchev–Trinajstić information content (AvgIpc) is 2.84. The summed E-state index contributed by atoms with van der Waals surface area (Å²) in [5.41, 5.74) is 1.91. The molecule has 0 bridgehead atoms. The van der Waals surface area contributed by atoms with Crippen LogP contribution in [-0.4, -0.2) is 20.2 Å². The molecule has 0 saturated heterocycles. The summed E-state index contributed by atoms with van der Waals surface area (Å²) in [4.78, 5) is 1.44. The number of benzene rings is 1. The monoisotopic (exact) mass is 253 g/mol. The van der Waals surface area contributed by atoms with E-state index in [1.54, 1.807) is 7.05 Å². The van der Waals surface area contributed by atoms with Crippen molar-refractivity contribution < 1.29 is 0 Å². The van der Waals surface area contributed by atoms with E-state index in [1.165, 1.54) is 10.4 Å². The first-order chi connectivity index (χ1) is 9.23. The molecular formula is C14H15N5. The van der Waals surface area contributed by atoms with Gasteiger partial charge in [0.15, 0.2) is 5.82 Å². The Hall–Kier alpha value is -2.22. The van der Waals surface area contributed by atoms with Crippen molar-refractivity contribution in [1.82, 2.24) is 20.2 Å². The molecule has 5 heteroatoms. The molecule has 1 unspecified atom stereocenters. The van der Waals surface area contributed by atoms with Crippen LogP contribution in [0.1, 0.15) is 29.8 Å². The first-order valence-electron chi connectivity index (χ1n) is 6.46. The first kappa shape index (κ1) is 11.8. The Bertz CT molecular complexity index is 639. The van der Waals surface area contributed by atoms with Crippen molar-refractivity contribution in [2.45, 2.75) is 31.1 Å². The number of rotatable bonds is 2. The molecule has 0 aliphatic heterocycles. The lowest BCUT2D eigenvalue weighted by Crippen LogP contribution is -2.32. The Labute approximate surface area is 111 Å². The SMILES string of the molecule is Cn1nnc(CC2(C#N)CCCc3ccccc32)n1. The summed E-state index contributed by atoms with van der Waals surface area (Å²) < 4.78 is 0. The summed E-state index contributed by atoms with van der Waals surface area (Å²) in [5.74, 6) is 0.640. The van der Waals surface area contributed by atoms with Gasteiger partial charge >= 0.3 is 0 Å². The van der Waals surface area contributed by atoms with Gasteiger partial charge in [0.2, 0.25) is 0 Å². The number of tetrazole rings is 1. The minimum atomic E-state index is -0.502. The standard InChI is InChI=1S/C14H15N5/c1-19-17-13(16-18-19)9-14(10-15)8-4-6-11-5-2-3-7-12(11)14/h2-3,5,7H,4,6,8-9H2,1H3. The third-order valence-electron chi connectivity index (χ3n) is 3.81. The van der Waals surface area contributed by atoms with Crippen LogP contribution < -0.4 is 0 Å². The Balaban J connectivity index is 2.03. The molecule has 1 aromatic heterocycles. The van der Waals surface area contributed by atoms with Crippen LogP contribution in [0, 0.1) is 11.3 Å². The lowest BCUT2D eigenvalue weighted by molar-refractivity contribution is 0.440.